The second-order valence-electron chi connectivity index (χ2n) is 5.43. The minimum Gasteiger partial charge on any atom is -0.494 e. The number of rotatable bonds is 6. The van der Waals surface area contributed by atoms with E-state index >= 15 is 0 Å². The molecule has 1 atom stereocenters. The van der Waals surface area contributed by atoms with Crippen LogP contribution in [0, 0.1) is 5.92 Å². The molecule has 1 saturated carbocycles. The zero-order chi connectivity index (χ0) is 13.5. The second kappa shape index (κ2) is 7.51. The smallest absolute Gasteiger partial charge is 0.124 e. The second-order valence-corrected chi connectivity index (χ2v) is 5.43. The molecule has 0 spiro atoms. The molecule has 0 bridgehead atoms. The molecule has 3 heteroatoms. The minimum atomic E-state index is 0.200. The van der Waals surface area contributed by atoms with Crippen LogP contribution in [-0.4, -0.2) is 6.61 Å². The van der Waals surface area contributed by atoms with Gasteiger partial charge in [-0.2, -0.15) is 0 Å². The van der Waals surface area contributed by atoms with Gasteiger partial charge < -0.3 is 4.74 Å². The van der Waals surface area contributed by atoms with Gasteiger partial charge in [0.1, 0.15) is 5.75 Å². The van der Waals surface area contributed by atoms with Gasteiger partial charge in [0.15, 0.2) is 0 Å². The zero-order valence-electron chi connectivity index (χ0n) is 11.9. The first-order valence-electron chi connectivity index (χ1n) is 7.53. The first-order valence-corrected chi connectivity index (χ1v) is 7.53. The van der Waals surface area contributed by atoms with Crippen molar-refractivity contribution in [2.45, 2.75) is 51.5 Å². The average Bonchev–Trinajstić information content (AvgIpc) is 2.47. The summed E-state index contributed by atoms with van der Waals surface area (Å²) < 4.78 is 5.71. The van der Waals surface area contributed by atoms with E-state index in [1.807, 2.05) is 19.1 Å². The lowest BCUT2D eigenvalue weighted by Crippen LogP contribution is -2.30. The number of nitrogens with two attached hydrogens (primary N) is 1. The highest BCUT2D eigenvalue weighted by Crippen LogP contribution is 2.34. The third-order valence-electron chi connectivity index (χ3n) is 4.09. The van der Waals surface area contributed by atoms with Crippen LogP contribution in [0.2, 0.25) is 0 Å². The van der Waals surface area contributed by atoms with E-state index in [-0.39, 0.29) is 6.04 Å². The monoisotopic (exact) mass is 262 g/mol. The van der Waals surface area contributed by atoms with E-state index < -0.39 is 0 Å². The van der Waals surface area contributed by atoms with Gasteiger partial charge in [0.25, 0.3) is 0 Å². The topological polar surface area (TPSA) is 47.3 Å². The van der Waals surface area contributed by atoms with Gasteiger partial charge in [0.05, 0.1) is 6.61 Å². The molecule has 2 rings (SSSR count). The standard InChI is InChI=1S/C16H26N2O/c1-2-19-16-11-7-6-10-14(16)15(18-17)12-13-8-4-3-5-9-13/h6-7,10-11,13,15,18H,2-5,8-9,12,17H2,1H3. The Labute approximate surface area is 116 Å². The van der Waals surface area contributed by atoms with Gasteiger partial charge in [-0.05, 0) is 25.3 Å². The lowest BCUT2D eigenvalue weighted by molar-refractivity contribution is 0.290. The number of para-hydroxylation sites is 1. The van der Waals surface area contributed by atoms with E-state index in [0.29, 0.717) is 6.61 Å². The Bertz CT molecular complexity index is 375. The molecule has 0 aliphatic heterocycles. The first-order chi connectivity index (χ1) is 9.35. The van der Waals surface area contributed by atoms with Crippen LogP contribution in [0.1, 0.15) is 57.1 Å². The van der Waals surface area contributed by atoms with E-state index in [1.165, 1.54) is 37.7 Å². The highest BCUT2D eigenvalue weighted by atomic mass is 16.5. The van der Waals surface area contributed by atoms with Crippen molar-refractivity contribution in [3.8, 4) is 5.75 Å². The lowest BCUT2D eigenvalue weighted by Gasteiger charge is -2.27. The molecule has 0 heterocycles. The average molecular weight is 262 g/mol. The fraction of sp³-hybridized carbons (Fsp3) is 0.625. The van der Waals surface area contributed by atoms with Crippen molar-refractivity contribution >= 4 is 0 Å². The Kier molecular flexibility index (Phi) is 5.67. The maximum atomic E-state index is 5.78. The molecule has 3 nitrogen and oxygen atoms in total. The summed E-state index contributed by atoms with van der Waals surface area (Å²) in [6.45, 7) is 2.71. The molecule has 3 N–H and O–H groups in total. The lowest BCUT2D eigenvalue weighted by atomic mass is 9.83. The molecule has 1 aromatic rings. The van der Waals surface area contributed by atoms with Gasteiger partial charge >= 0.3 is 0 Å². The fourth-order valence-electron chi connectivity index (χ4n) is 3.10. The summed E-state index contributed by atoms with van der Waals surface area (Å²) in [5.74, 6) is 7.54. The summed E-state index contributed by atoms with van der Waals surface area (Å²) in [4.78, 5) is 0. The maximum Gasteiger partial charge on any atom is 0.124 e. The molecule has 1 aliphatic rings. The highest BCUT2D eigenvalue weighted by Gasteiger charge is 2.21. The molecule has 0 radical (unpaired) electrons. The summed E-state index contributed by atoms with van der Waals surface area (Å²) >= 11 is 0. The number of nitrogens with one attached hydrogen (secondary N) is 1. The summed E-state index contributed by atoms with van der Waals surface area (Å²) in [5.41, 5.74) is 4.18. The summed E-state index contributed by atoms with van der Waals surface area (Å²) in [6.07, 6.45) is 7.93. The Morgan fingerprint density at radius 3 is 2.68 bits per heavy atom. The van der Waals surface area contributed by atoms with Crippen LogP contribution in [-0.2, 0) is 0 Å². The molecule has 0 saturated heterocycles. The molecule has 1 aromatic carbocycles. The molecule has 1 unspecified atom stereocenters. The number of benzene rings is 1. The highest BCUT2D eigenvalue weighted by molar-refractivity contribution is 5.35. The zero-order valence-corrected chi connectivity index (χ0v) is 11.9. The predicted molar refractivity (Wildman–Crippen MR) is 78.9 cm³/mol. The molecule has 0 amide bonds. The van der Waals surface area contributed by atoms with E-state index in [2.05, 4.69) is 17.6 Å². The normalized spacial score (nSPS) is 18.2. The number of ether oxygens (including phenoxy) is 1. The van der Waals surface area contributed by atoms with E-state index in [4.69, 9.17) is 10.6 Å². The van der Waals surface area contributed by atoms with Gasteiger partial charge in [0.2, 0.25) is 0 Å². The van der Waals surface area contributed by atoms with Gasteiger partial charge in [-0.25, -0.2) is 0 Å². The van der Waals surface area contributed by atoms with Crippen molar-refractivity contribution in [1.82, 2.24) is 5.43 Å². The fourth-order valence-corrected chi connectivity index (χ4v) is 3.10. The van der Waals surface area contributed by atoms with Crippen molar-refractivity contribution in [2.24, 2.45) is 11.8 Å². The van der Waals surface area contributed by atoms with Gasteiger partial charge in [-0.15, -0.1) is 0 Å². The maximum absolute atomic E-state index is 5.78. The molecule has 1 fully saturated rings. The Morgan fingerprint density at radius 2 is 2.00 bits per heavy atom. The summed E-state index contributed by atoms with van der Waals surface area (Å²) in [7, 11) is 0. The minimum absolute atomic E-state index is 0.200. The van der Waals surface area contributed by atoms with Crippen LogP contribution in [0.15, 0.2) is 24.3 Å². The van der Waals surface area contributed by atoms with Crippen LogP contribution in [0.25, 0.3) is 0 Å². The number of hydrogen-bond acceptors (Lipinski definition) is 3. The van der Waals surface area contributed by atoms with Crippen molar-refractivity contribution < 1.29 is 4.74 Å². The summed E-state index contributed by atoms with van der Waals surface area (Å²) in [6, 6.07) is 8.43. The molecular weight excluding hydrogens is 236 g/mol. The first kappa shape index (κ1) is 14.4. The van der Waals surface area contributed by atoms with Crippen LogP contribution in [0.4, 0.5) is 0 Å². The third kappa shape index (κ3) is 3.95. The van der Waals surface area contributed by atoms with Crippen molar-refractivity contribution in [1.29, 1.82) is 0 Å². The van der Waals surface area contributed by atoms with Gasteiger partial charge in [0, 0.05) is 11.6 Å². The van der Waals surface area contributed by atoms with Gasteiger partial charge in [-0.1, -0.05) is 50.3 Å². The number of hydrogen-bond donors (Lipinski definition) is 2. The van der Waals surface area contributed by atoms with E-state index in [0.717, 1.165) is 18.1 Å². The largest absolute Gasteiger partial charge is 0.494 e. The van der Waals surface area contributed by atoms with Crippen LogP contribution < -0.4 is 16.0 Å². The Hall–Kier alpha value is -1.06. The third-order valence-corrected chi connectivity index (χ3v) is 4.09. The molecule has 106 valence electrons. The van der Waals surface area contributed by atoms with Crippen LogP contribution in [0.5, 0.6) is 5.75 Å². The molecular formula is C16H26N2O. The predicted octanol–water partition coefficient (Wildman–Crippen LogP) is 3.56. The van der Waals surface area contributed by atoms with Crippen LogP contribution in [0.3, 0.4) is 0 Å². The molecule has 0 aromatic heterocycles. The number of hydrazine groups is 1. The molecule has 1 aliphatic carbocycles. The van der Waals surface area contributed by atoms with Crippen molar-refractivity contribution in [2.75, 3.05) is 6.61 Å². The quantitative estimate of drug-likeness (QED) is 0.608. The Morgan fingerprint density at radius 1 is 1.26 bits per heavy atom. The SMILES string of the molecule is CCOc1ccccc1C(CC1CCCCC1)NN. The van der Waals surface area contributed by atoms with E-state index in [1.54, 1.807) is 0 Å². The van der Waals surface area contributed by atoms with Gasteiger partial charge in [-0.3, -0.25) is 11.3 Å². The molecule has 19 heavy (non-hydrogen) atoms. The Balaban J connectivity index is 2.07. The van der Waals surface area contributed by atoms with Crippen molar-refractivity contribution in [3.63, 3.8) is 0 Å². The van der Waals surface area contributed by atoms with Crippen molar-refractivity contribution in [3.05, 3.63) is 29.8 Å². The summed E-state index contributed by atoms with van der Waals surface area (Å²) in [5, 5.41) is 0. The van der Waals surface area contributed by atoms with E-state index in [9.17, 15) is 0 Å². The van der Waals surface area contributed by atoms with Crippen LogP contribution >= 0.6 is 0 Å².